The van der Waals surface area contributed by atoms with Crippen LogP contribution in [0.1, 0.15) is 46.0 Å². The van der Waals surface area contributed by atoms with Crippen LogP contribution in [-0.4, -0.2) is 30.2 Å². The van der Waals surface area contributed by atoms with E-state index in [4.69, 9.17) is 16.3 Å². The van der Waals surface area contributed by atoms with Gasteiger partial charge in [-0.25, -0.2) is 0 Å². The van der Waals surface area contributed by atoms with Crippen LogP contribution in [0.15, 0.2) is 0 Å². The molecule has 3 heteroatoms. The monoisotopic (exact) mass is 245 g/mol. The third kappa shape index (κ3) is 3.61. The first-order valence-corrected chi connectivity index (χ1v) is 7.01. The summed E-state index contributed by atoms with van der Waals surface area (Å²) in [5.41, 5.74) is 0.0982. The van der Waals surface area contributed by atoms with Gasteiger partial charge in [-0.1, -0.05) is 0 Å². The normalized spacial score (nSPS) is 38.1. The average molecular weight is 246 g/mol. The average Bonchev–Trinajstić information content (AvgIpc) is 2.73. The van der Waals surface area contributed by atoms with Gasteiger partial charge in [0.2, 0.25) is 0 Å². The lowest BCUT2D eigenvalue weighted by molar-refractivity contribution is -0.0144. The van der Waals surface area contributed by atoms with Gasteiger partial charge in [0.1, 0.15) is 0 Å². The molecular weight excluding hydrogens is 222 g/mol. The second-order valence-electron chi connectivity index (χ2n) is 5.97. The molecule has 1 saturated heterocycles. The lowest BCUT2D eigenvalue weighted by Gasteiger charge is -2.20. The zero-order chi connectivity index (χ0) is 11.6. The molecule has 3 unspecified atom stereocenters. The fourth-order valence-electron chi connectivity index (χ4n) is 2.87. The molecule has 94 valence electrons. The summed E-state index contributed by atoms with van der Waals surface area (Å²) in [5.74, 6) is 0.789. The number of nitrogens with one attached hydrogen (secondary N) is 1. The topological polar surface area (TPSA) is 21.3 Å². The highest BCUT2D eigenvalue weighted by atomic mass is 35.5. The molecule has 0 aromatic heterocycles. The van der Waals surface area contributed by atoms with Crippen molar-refractivity contribution < 1.29 is 4.74 Å². The number of halogens is 1. The highest BCUT2D eigenvalue weighted by molar-refractivity contribution is 6.20. The molecule has 2 nitrogen and oxygen atoms in total. The maximum absolute atomic E-state index is 6.10. The van der Waals surface area contributed by atoms with Crippen molar-refractivity contribution in [2.45, 2.75) is 63.0 Å². The molecule has 1 N–H and O–H groups in total. The Balaban J connectivity index is 1.58. The van der Waals surface area contributed by atoms with Gasteiger partial charge in [0, 0.05) is 11.9 Å². The molecule has 0 amide bonds. The van der Waals surface area contributed by atoms with E-state index in [0.29, 0.717) is 11.5 Å². The largest absolute Gasteiger partial charge is 0.371 e. The number of rotatable bonds is 4. The predicted octanol–water partition coefficient (Wildman–Crippen LogP) is 2.94. The molecule has 16 heavy (non-hydrogen) atoms. The van der Waals surface area contributed by atoms with Gasteiger partial charge in [-0.3, -0.25) is 0 Å². The standard InChI is InChI=1S/C13H24ClNO/c1-13(2)6-5-12(16-13)9-15-8-10-3-4-11(14)7-10/h10-12,15H,3-9H2,1-2H3. The first-order chi connectivity index (χ1) is 7.55. The zero-order valence-electron chi connectivity index (χ0n) is 10.5. The van der Waals surface area contributed by atoms with E-state index in [0.717, 1.165) is 19.0 Å². The smallest absolute Gasteiger partial charge is 0.0707 e. The number of alkyl halides is 1. The fraction of sp³-hybridized carbons (Fsp3) is 1.00. The minimum absolute atomic E-state index is 0.0982. The summed E-state index contributed by atoms with van der Waals surface area (Å²) >= 11 is 6.10. The van der Waals surface area contributed by atoms with E-state index in [1.54, 1.807) is 0 Å². The molecule has 0 spiro atoms. The first kappa shape index (κ1) is 12.7. The summed E-state index contributed by atoms with van der Waals surface area (Å²) in [6.45, 7) is 6.49. The molecule has 3 atom stereocenters. The van der Waals surface area contributed by atoms with Gasteiger partial charge in [-0.15, -0.1) is 11.6 Å². The second kappa shape index (κ2) is 5.24. The van der Waals surface area contributed by atoms with Crippen LogP contribution in [0.5, 0.6) is 0 Å². The third-order valence-corrected chi connectivity index (χ3v) is 4.23. The van der Waals surface area contributed by atoms with Gasteiger partial charge in [-0.2, -0.15) is 0 Å². The summed E-state index contributed by atoms with van der Waals surface area (Å²) in [6.07, 6.45) is 6.48. The first-order valence-electron chi connectivity index (χ1n) is 6.58. The minimum Gasteiger partial charge on any atom is -0.371 e. The lowest BCUT2D eigenvalue weighted by Crippen LogP contribution is -2.32. The predicted molar refractivity (Wildman–Crippen MR) is 68.0 cm³/mol. The maximum Gasteiger partial charge on any atom is 0.0707 e. The van der Waals surface area contributed by atoms with Crippen LogP contribution >= 0.6 is 11.6 Å². The summed E-state index contributed by atoms with van der Waals surface area (Å²) in [4.78, 5) is 0. The maximum atomic E-state index is 6.10. The van der Waals surface area contributed by atoms with E-state index >= 15 is 0 Å². The summed E-state index contributed by atoms with van der Waals surface area (Å²) in [7, 11) is 0. The Morgan fingerprint density at radius 2 is 2.06 bits per heavy atom. The van der Waals surface area contributed by atoms with Crippen molar-refractivity contribution in [2.75, 3.05) is 13.1 Å². The molecular formula is C13H24ClNO. The number of ether oxygens (including phenoxy) is 1. The Morgan fingerprint density at radius 1 is 1.25 bits per heavy atom. The molecule has 0 bridgehead atoms. The van der Waals surface area contributed by atoms with Crippen molar-refractivity contribution in [1.29, 1.82) is 0 Å². The number of hydrogen-bond donors (Lipinski definition) is 1. The van der Waals surface area contributed by atoms with Crippen molar-refractivity contribution in [2.24, 2.45) is 5.92 Å². The van der Waals surface area contributed by atoms with Crippen molar-refractivity contribution >= 4 is 11.6 Å². The number of hydrogen-bond acceptors (Lipinski definition) is 2. The highest BCUT2D eigenvalue weighted by Gasteiger charge is 2.31. The molecule has 2 rings (SSSR count). The Morgan fingerprint density at radius 3 is 2.62 bits per heavy atom. The quantitative estimate of drug-likeness (QED) is 0.769. The van der Waals surface area contributed by atoms with Crippen LogP contribution in [0.3, 0.4) is 0 Å². The molecule has 2 aliphatic rings. The van der Waals surface area contributed by atoms with Gasteiger partial charge < -0.3 is 10.1 Å². The molecule has 0 aromatic carbocycles. The Bertz CT molecular complexity index is 232. The van der Waals surface area contributed by atoms with Crippen LogP contribution in [0.2, 0.25) is 0 Å². The van der Waals surface area contributed by atoms with E-state index in [1.807, 2.05) is 0 Å². The van der Waals surface area contributed by atoms with E-state index in [1.165, 1.54) is 32.1 Å². The van der Waals surface area contributed by atoms with Crippen molar-refractivity contribution in [3.63, 3.8) is 0 Å². The Kier molecular flexibility index (Phi) is 4.15. The van der Waals surface area contributed by atoms with Crippen LogP contribution in [0.25, 0.3) is 0 Å². The van der Waals surface area contributed by atoms with Crippen LogP contribution in [0.4, 0.5) is 0 Å². The molecule has 1 saturated carbocycles. The molecule has 1 aliphatic carbocycles. The van der Waals surface area contributed by atoms with Gasteiger partial charge in [-0.05, 0) is 58.4 Å². The van der Waals surface area contributed by atoms with E-state index in [9.17, 15) is 0 Å². The SMILES string of the molecule is CC1(C)CCC(CNCC2CCC(Cl)C2)O1. The minimum atomic E-state index is 0.0982. The molecule has 1 heterocycles. The third-order valence-electron chi connectivity index (χ3n) is 3.84. The Hall–Kier alpha value is 0.210. The second-order valence-corrected chi connectivity index (χ2v) is 6.59. The molecule has 0 aromatic rings. The van der Waals surface area contributed by atoms with Crippen LogP contribution in [-0.2, 0) is 4.74 Å². The van der Waals surface area contributed by atoms with Gasteiger partial charge in [0.15, 0.2) is 0 Å². The fourth-order valence-corrected chi connectivity index (χ4v) is 3.25. The molecule has 1 aliphatic heterocycles. The van der Waals surface area contributed by atoms with E-state index in [2.05, 4.69) is 19.2 Å². The van der Waals surface area contributed by atoms with Gasteiger partial charge in [0.25, 0.3) is 0 Å². The van der Waals surface area contributed by atoms with Crippen molar-refractivity contribution in [3.8, 4) is 0 Å². The molecule has 0 radical (unpaired) electrons. The zero-order valence-corrected chi connectivity index (χ0v) is 11.2. The van der Waals surface area contributed by atoms with Crippen LogP contribution in [0, 0.1) is 5.92 Å². The summed E-state index contributed by atoms with van der Waals surface area (Å²) in [5, 5.41) is 3.97. The van der Waals surface area contributed by atoms with E-state index in [-0.39, 0.29) is 5.60 Å². The van der Waals surface area contributed by atoms with E-state index < -0.39 is 0 Å². The Labute approximate surface area is 104 Å². The molecule has 2 fully saturated rings. The lowest BCUT2D eigenvalue weighted by atomic mass is 10.1. The van der Waals surface area contributed by atoms with Crippen LogP contribution < -0.4 is 5.32 Å². The van der Waals surface area contributed by atoms with Crippen molar-refractivity contribution in [3.05, 3.63) is 0 Å². The highest BCUT2D eigenvalue weighted by Crippen LogP contribution is 2.30. The van der Waals surface area contributed by atoms with Gasteiger partial charge >= 0.3 is 0 Å². The van der Waals surface area contributed by atoms with Gasteiger partial charge in [0.05, 0.1) is 11.7 Å². The summed E-state index contributed by atoms with van der Waals surface area (Å²) < 4.78 is 5.95. The summed E-state index contributed by atoms with van der Waals surface area (Å²) in [6, 6.07) is 0. The van der Waals surface area contributed by atoms with Crippen molar-refractivity contribution in [1.82, 2.24) is 5.32 Å².